The maximum absolute atomic E-state index is 13.5. The highest BCUT2D eigenvalue weighted by atomic mass is 19.1. The number of hydrogen-bond acceptors (Lipinski definition) is 3. The number of carboxylic acids is 1. The van der Waals surface area contributed by atoms with Crippen molar-refractivity contribution in [3.05, 3.63) is 35.6 Å². The number of ether oxygens (including phenoxy) is 2. The van der Waals surface area contributed by atoms with Gasteiger partial charge in [-0.1, -0.05) is 18.2 Å². The van der Waals surface area contributed by atoms with Crippen LogP contribution < -0.4 is 0 Å². The molecule has 1 aromatic rings. The molecule has 0 amide bonds. The average molecular weight is 270 g/mol. The fraction of sp³-hybridized carbons (Fsp3) is 0.500. The molecule has 0 heterocycles. The molecule has 0 aromatic heterocycles. The van der Waals surface area contributed by atoms with E-state index in [0.717, 1.165) is 0 Å². The van der Waals surface area contributed by atoms with E-state index in [-0.39, 0.29) is 12.2 Å². The summed E-state index contributed by atoms with van der Waals surface area (Å²) in [6, 6.07) is 6.23. The summed E-state index contributed by atoms with van der Waals surface area (Å²) in [5, 5.41) is 9.13. The molecule has 4 nitrogen and oxygen atoms in total. The fourth-order valence-electron chi connectivity index (χ4n) is 1.71. The molecular formula is C14H19FO4. The topological polar surface area (TPSA) is 55.8 Å². The summed E-state index contributed by atoms with van der Waals surface area (Å²) in [6.45, 7) is 1.24. The molecule has 1 rings (SSSR count). The summed E-state index contributed by atoms with van der Waals surface area (Å²) in [5.41, 5.74) is 0.423. The van der Waals surface area contributed by atoms with Crippen molar-refractivity contribution >= 4 is 5.97 Å². The number of rotatable bonds is 9. The van der Waals surface area contributed by atoms with Gasteiger partial charge in [-0.25, -0.2) is 4.39 Å². The zero-order valence-electron chi connectivity index (χ0n) is 11.0. The van der Waals surface area contributed by atoms with Gasteiger partial charge in [0.1, 0.15) is 5.82 Å². The van der Waals surface area contributed by atoms with Crippen LogP contribution in [0.2, 0.25) is 0 Å². The van der Waals surface area contributed by atoms with Gasteiger partial charge in [0.25, 0.3) is 0 Å². The Hall–Kier alpha value is -1.46. The van der Waals surface area contributed by atoms with Crippen LogP contribution in [-0.2, 0) is 20.7 Å². The Morgan fingerprint density at radius 1 is 1.32 bits per heavy atom. The maximum Gasteiger partial charge on any atom is 0.306 e. The van der Waals surface area contributed by atoms with Crippen molar-refractivity contribution in [1.29, 1.82) is 0 Å². The van der Waals surface area contributed by atoms with E-state index in [4.69, 9.17) is 14.6 Å². The van der Waals surface area contributed by atoms with E-state index in [2.05, 4.69) is 0 Å². The molecular weight excluding hydrogens is 251 g/mol. The van der Waals surface area contributed by atoms with Gasteiger partial charge >= 0.3 is 5.97 Å². The van der Waals surface area contributed by atoms with Gasteiger partial charge in [0.2, 0.25) is 0 Å². The number of aliphatic carboxylic acids is 1. The molecule has 0 fully saturated rings. The van der Waals surface area contributed by atoms with Crippen molar-refractivity contribution in [3.63, 3.8) is 0 Å². The van der Waals surface area contributed by atoms with Crippen molar-refractivity contribution in [3.8, 4) is 0 Å². The van der Waals surface area contributed by atoms with Gasteiger partial charge in [0, 0.05) is 13.7 Å². The predicted molar refractivity (Wildman–Crippen MR) is 68.5 cm³/mol. The van der Waals surface area contributed by atoms with Crippen LogP contribution in [0.1, 0.15) is 12.0 Å². The van der Waals surface area contributed by atoms with Crippen LogP contribution in [0.15, 0.2) is 24.3 Å². The first kappa shape index (κ1) is 15.6. The lowest BCUT2D eigenvalue weighted by molar-refractivity contribution is -0.142. The zero-order chi connectivity index (χ0) is 14.1. The molecule has 1 unspecified atom stereocenters. The van der Waals surface area contributed by atoms with Gasteiger partial charge in [-0.2, -0.15) is 0 Å². The summed E-state index contributed by atoms with van der Waals surface area (Å²) < 4.78 is 23.5. The van der Waals surface area contributed by atoms with Gasteiger partial charge in [0.15, 0.2) is 0 Å². The highest BCUT2D eigenvalue weighted by Crippen LogP contribution is 2.16. The second kappa shape index (κ2) is 8.61. The Kier molecular flexibility index (Phi) is 7.07. The SMILES string of the molecule is COCCOCCC(Cc1ccccc1F)C(=O)O. The third-order valence-corrected chi connectivity index (χ3v) is 2.82. The summed E-state index contributed by atoms with van der Waals surface area (Å²) in [4.78, 5) is 11.1. The average Bonchev–Trinajstić information content (AvgIpc) is 2.39. The molecule has 5 heteroatoms. The van der Waals surface area contributed by atoms with E-state index in [0.29, 0.717) is 31.8 Å². The fourth-order valence-corrected chi connectivity index (χ4v) is 1.71. The van der Waals surface area contributed by atoms with E-state index in [9.17, 15) is 9.18 Å². The van der Waals surface area contributed by atoms with Crippen molar-refractivity contribution in [2.75, 3.05) is 26.9 Å². The van der Waals surface area contributed by atoms with Gasteiger partial charge in [0.05, 0.1) is 19.1 Å². The minimum absolute atomic E-state index is 0.176. The number of halogens is 1. The van der Waals surface area contributed by atoms with Gasteiger partial charge in [-0.15, -0.1) is 0 Å². The summed E-state index contributed by atoms with van der Waals surface area (Å²) >= 11 is 0. The molecule has 0 bridgehead atoms. The number of methoxy groups -OCH3 is 1. The Labute approximate surface area is 112 Å². The highest BCUT2D eigenvalue weighted by Gasteiger charge is 2.19. The number of carbonyl (C=O) groups is 1. The third kappa shape index (κ3) is 5.81. The van der Waals surface area contributed by atoms with Crippen molar-refractivity contribution in [2.24, 2.45) is 5.92 Å². The van der Waals surface area contributed by atoms with Crippen molar-refractivity contribution in [2.45, 2.75) is 12.8 Å². The van der Waals surface area contributed by atoms with Crippen molar-refractivity contribution < 1.29 is 23.8 Å². The summed E-state index contributed by atoms with van der Waals surface area (Å²) in [7, 11) is 1.57. The minimum atomic E-state index is -0.932. The Bertz CT molecular complexity index is 395. The zero-order valence-corrected chi connectivity index (χ0v) is 11.0. The Balaban J connectivity index is 2.45. The van der Waals surface area contributed by atoms with E-state index in [1.165, 1.54) is 6.07 Å². The lowest BCUT2D eigenvalue weighted by Crippen LogP contribution is -2.19. The second-order valence-electron chi connectivity index (χ2n) is 4.22. The van der Waals surface area contributed by atoms with Gasteiger partial charge in [-0.3, -0.25) is 4.79 Å². The quantitative estimate of drug-likeness (QED) is 0.698. The molecule has 0 aliphatic rings. The lowest BCUT2D eigenvalue weighted by atomic mass is 9.96. The normalized spacial score (nSPS) is 12.3. The van der Waals surface area contributed by atoms with Gasteiger partial charge < -0.3 is 14.6 Å². The Morgan fingerprint density at radius 2 is 2.05 bits per heavy atom. The molecule has 1 N–H and O–H groups in total. The first-order chi connectivity index (χ1) is 9.15. The first-order valence-electron chi connectivity index (χ1n) is 6.18. The second-order valence-corrected chi connectivity index (χ2v) is 4.22. The van der Waals surface area contributed by atoms with E-state index >= 15 is 0 Å². The van der Waals surface area contributed by atoms with Crippen molar-refractivity contribution in [1.82, 2.24) is 0 Å². The van der Waals surface area contributed by atoms with Crippen LogP contribution in [0.5, 0.6) is 0 Å². The molecule has 0 aliphatic heterocycles. The maximum atomic E-state index is 13.5. The minimum Gasteiger partial charge on any atom is -0.481 e. The largest absolute Gasteiger partial charge is 0.481 e. The molecule has 1 atom stereocenters. The molecule has 1 aromatic carbocycles. The molecule has 19 heavy (non-hydrogen) atoms. The molecule has 0 saturated carbocycles. The van der Waals surface area contributed by atoms with Crippen LogP contribution in [0, 0.1) is 11.7 Å². The molecule has 0 saturated heterocycles. The van der Waals surface area contributed by atoms with Crippen LogP contribution >= 0.6 is 0 Å². The number of carboxylic acid groups (broad SMARTS) is 1. The molecule has 0 radical (unpaired) electrons. The lowest BCUT2D eigenvalue weighted by Gasteiger charge is -2.13. The molecule has 0 spiro atoms. The summed E-state index contributed by atoms with van der Waals surface area (Å²) in [6.07, 6.45) is 0.531. The van der Waals surface area contributed by atoms with E-state index < -0.39 is 11.9 Å². The van der Waals surface area contributed by atoms with Crippen LogP contribution in [0.25, 0.3) is 0 Å². The number of hydrogen-bond donors (Lipinski definition) is 1. The van der Waals surface area contributed by atoms with Crippen LogP contribution in [0.4, 0.5) is 4.39 Å². The monoisotopic (exact) mass is 270 g/mol. The summed E-state index contributed by atoms with van der Waals surface area (Å²) in [5.74, 6) is -1.94. The van der Waals surface area contributed by atoms with E-state index in [1.807, 2.05) is 0 Å². The van der Waals surface area contributed by atoms with E-state index in [1.54, 1.807) is 25.3 Å². The predicted octanol–water partition coefficient (Wildman–Crippen LogP) is 2.12. The number of benzene rings is 1. The van der Waals surface area contributed by atoms with Crippen LogP contribution in [-0.4, -0.2) is 38.0 Å². The highest BCUT2D eigenvalue weighted by molar-refractivity contribution is 5.70. The Morgan fingerprint density at radius 3 is 2.68 bits per heavy atom. The van der Waals surface area contributed by atoms with Crippen LogP contribution in [0.3, 0.4) is 0 Å². The standard InChI is InChI=1S/C14H19FO4/c1-18-8-9-19-7-6-12(14(16)17)10-11-4-2-3-5-13(11)15/h2-5,12H,6-10H2,1H3,(H,16,17). The first-order valence-corrected chi connectivity index (χ1v) is 6.18. The van der Waals surface area contributed by atoms with Gasteiger partial charge in [-0.05, 0) is 24.5 Å². The smallest absolute Gasteiger partial charge is 0.306 e. The molecule has 0 aliphatic carbocycles. The molecule has 106 valence electrons. The third-order valence-electron chi connectivity index (χ3n) is 2.82.